The number of fused-ring (bicyclic) bond motifs is 2. The van der Waals surface area contributed by atoms with Gasteiger partial charge in [0.05, 0.1) is 29.3 Å². The molecule has 0 unspecified atom stereocenters. The van der Waals surface area contributed by atoms with Crippen molar-refractivity contribution in [3.8, 4) is 11.4 Å². The van der Waals surface area contributed by atoms with Crippen LogP contribution in [0.25, 0.3) is 33.3 Å². The number of anilines is 1. The molecule has 2 aliphatic rings. The lowest BCUT2D eigenvalue weighted by Gasteiger charge is -2.28. The molecule has 4 aromatic rings. The topological polar surface area (TPSA) is 85.5 Å². The summed E-state index contributed by atoms with van der Waals surface area (Å²) < 4.78 is 0. The molecule has 0 bridgehead atoms. The molecular weight excluding hydrogens is 374 g/mol. The minimum absolute atomic E-state index is 0.573. The van der Waals surface area contributed by atoms with Crippen molar-refractivity contribution in [2.45, 2.75) is 38.0 Å². The van der Waals surface area contributed by atoms with Gasteiger partial charge in [0.15, 0.2) is 5.65 Å². The second kappa shape index (κ2) is 7.40. The van der Waals surface area contributed by atoms with Crippen molar-refractivity contribution in [3.63, 3.8) is 0 Å². The van der Waals surface area contributed by atoms with E-state index < -0.39 is 0 Å². The molecule has 0 spiro atoms. The standard InChI is InChI=1S/C23H27N7/c1-2-8-30(9-3-1)21-14-25-13-20-17(21)11-19(27-20)22-18-10-16(12-26-23(18)29-28-22)15-4-6-24-7-5-15/h10-15,24,27H,1-9H2,(H,26,28,29). The van der Waals surface area contributed by atoms with E-state index in [0.29, 0.717) is 5.92 Å². The van der Waals surface area contributed by atoms with Gasteiger partial charge in [0, 0.05) is 30.1 Å². The highest BCUT2D eigenvalue weighted by Gasteiger charge is 2.20. The number of pyridine rings is 2. The summed E-state index contributed by atoms with van der Waals surface area (Å²) in [6.07, 6.45) is 12.1. The average Bonchev–Trinajstić information content (AvgIpc) is 3.43. The number of hydrogen-bond donors (Lipinski definition) is 3. The Hall–Kier alpha value is -2.93. The maximum Gasteiger partial charge on any atom is 0.155 e. The Bertz CT molecular complexity index is 1180. The summed E-state index contributed by atoms with van der Waals surface area (Å²) in [6.45, 7) is 4.37. The maximum absolute atomic E-state index is 4.67. The third kappa shape index (κ3) is 3.04. The second-order valence-electron chi connectivity index (χ2n) is 8.61. The lowest BCUT2D eigenvalue weighted by molar-refractivity contribution is 0.460. The van der Waals surface area contributed by atoms with Crippen molar-refractivity contribution in [2.75, 3.05) is 31.1 Å². The molecule has 0 saturated carbocycles. The average molecular weight is 402 g/mol. The van der Waals surface area contributed by atoms with Crippen molar-refractivity contribution in [2.24, 2.45) is 0 Å². The molecule has 30 heavy (non-hydrogen) atoms. The zero-order valence-electron chi connectivity index (χ0n) is 17.1. The SMILES string of the molecule is c1nc2[nH]nc(-c3cc4c(N5CCCCC5)cncc4[nH]3)c2cc1C1CCNCC1. The predicted molar refractivity (Wildman–Crippen MR) is 120 cm³/mol. The van der Waals surface area contributed by atoms with Crippen LogP contribution in [0.5, 0.6) is 0 Å². The predicted octanol–water partition coefficient (Wildman–Crippen LogP) is 3.96. The summed E-state index contributed by atoms with van der Waals surface area (Å²) in [4.78, 5) is 15.2. The molecular formula is C23H27N7. The van der Waals surface area contributed by atoms with Gasteiger partial charge >= 0.3 is 0 Å². The van der Waals surface area contributed by atoms with Crippen LogP contribution >= 0.6 is 0 Å². The van der Waals surface area contributed by atoms with Gasteiger partial charge in [-0.3, -0.25) is 10.1 Å². The monoisotopic (exact) mass is 401 g/mol. The number of aromatic amines is 2. The van der Waals surface area contributed by atoms with Crippen LogP contribution < -0.4 is 10.2 Å². The Morgan fingerprint density at radius 2 is 1.80 bits per heavy atom. The van der Waals surface area contributed by atoms with Crippen LogP contribution in [-0.4, -0.2) is 51.3 Å². The largest absolute Gasteiger partial charge is 0.370 e. The molecule has 7 heteroatoms. The summed E-state index contributed by atoms with van der Waals surface area (Å²) in [6, 6.07) is 4.51. The van der Waals surface area contributed by atoms with Crippen LogP contribution in [0.3, 0.4) is 0 Å². The molecule has 4 aromatic heterocycles. The van der Waals surface area contributed by atoms with E-state index in [1.807, 2.05) is 18.6 Å². The molecule has 0 aliphatic carbocycles. The molecule has 2 saturated heterocycles. The zero-order chi connectivity index (χ0) is 19.9. The van der Waals surface area contributed by atoms with Gasteiger partial charge in [-0.05, 0) is 68.8 Å². The number of nitrogens with zero attached hydrogens (tertiary/aromatic N) is 4. The third-order valence-electron chi connectivity index (χ3n) is 6.72. The van der Waals surface area contributed by atoms with Gasteiger partial charge in [-0.25, -0.2) is 4.98 Å². The Labute approximate surface area is 175 Å². The highest BCUT2D eigenvalue weighted by Crippen LogP contribution is 2.35. The fourth-order valence-corrected chi connectivity index (χ4v) is 5.05. The fraction of sp³-hybridized carbons (Fsp3) is 0.435. The van der Waals surface area contributed by atoms with Crippen LogP contribution in [0.2, 0.25) is 0 Å². The van der Waals surface area contributed by atoms with E-state index >= 15 is 0 Å². The van der Waals surface area contributed by atoms with Crippen molar-refractivity contribution >= 4 is 27.6 Å². The summed E-state index contributed by atoms with van der Waals surface area (Å²) in [5.74, 6) is 0.573. The molecule has 2 fully saturated rings. The summed E-state index contributed by atoms with van der Waals surface area (Å²) in [5, 5.41) is 13.5. The normalized spacial score (nSPS) is 18.5. The molecule has 0 atom stereocenters. The molecule has 3 N–H and O–H groups in total. The second-order valence-corrected chi connectivity index (χ2v) is 8.61. The summed E-state index contributed by atoms with van der Waals surface area (Å²) >= 11 is 0. The Morgan fingerprint density at radius 3 is 2.67 bits per heavy atom. The van der Waals surface area contributed by atoms with Crippen LogP contribution in [0.1, 0.15) is 43.6 Å². The summed E-state index contributed by atoms with van der Waals surface area (Å²) in [5.41, 5.74) is 6.41. The number of nitrogens with one attached hydrogen (secondary N) is 3. The zero-order valence-corrected chi connectivity index (χ0v) is 17.1. The van der Waals surface area contributed by atoms with Gasteiger partial charge in [0.2, 0.25) is 0 Å². The van der Waals surface area contributed by atoms with Crippen molar-refractivity contribution in [1.82, 2.24) is 30.5 Å². The Balaban J connectivity index is 1.42. The van der Waals surface area contributed by atoms with Gasteiger partial charge in [-0.15, -0.1) is 0 Å². The van der Waals surface area contributed by atoms with E-state index in [2.05, 4.69) is 47.5 Å². The van der Waals surface area contributed by atoms with Gasteiger partial charge < -0.3 is 15.2 Å². The highest BCUT2D eigenvalue weighted by atomic mass is 15.2. The Kier molecular flexibility index (Phi) is 4.41. The third-order valence-corrected chi connectivity index (χ3v) is 6.72. The van der Waals surface area contributed by atoms with Crippen molar-refractivity contribution < 1.29 is 0 Å². The molecule has 6 heterocycles. The first-order valence-electron chi connectivity index (χ1n) is 11.1. The number of hydrogen-bond acceptors (Lipinski definition) is 5. The van der Waals surface area contributed by atoms with Crippen molar-refractivity contribution in [3.05, 3.63) is 36.3 Å². The van der Waals surface area contributed by atoms with Crippen LogP contribution in [-0.2, 0) is 0 Å². The first-order valence-corrected chi connectivity index (χ1v) is 11.1. The first-order chi connectivity index (χ1) is 14.9. The van der Waals surface area contributed by atoms with E-state index in [1.54, 1.807) is 0 Å². The van der Waals surface area contributed by atoms with E-state index in [4.69, 9.17) is 0 Å². The quantitative estimate of drug-likeness (QED) is 0.484. The highest BCUT2D eigenvalue weighted by molar-refractivity contribution is 5.98. The van der Waals surface area contributed by atoms with Crippen LogP contribution in [0, 0.1) is 0 Å². The Morgan fingerprint density at radius 1 is 0.933 bits per heavy atom. The van der Waals surface area contributed by atoms with Gasteiger partial charge in [0.25, 0.3) is 0 Å². The molecule has 2 aliphatic heterocycles. The minimum Gasteiger partial charge on any atom is -0.370 e. The summed E-state index contributed by atoms with van der Waals surface area (Å²) in [7, 11) is 0. The lowest BCUT2D eigenvalue weighted by Crippen LogP contribution is -2.29. The van der Waals surface area contributed by atoms with Gasteiger partial charge in [-0.2, -0.15) is 5.10 Å². The minimum atomic E-state index is 0.573. The van der Waals surface area contributed by atoms with E-state index in [9.17, 15) is 0 Å². The number of piperidine rings is 2. The van der Waals surface area contributed by atoms with Gasteiger partial charge in [0.1, 0.15) is 5.69 Å². The molecule has 0 radical (unpaired) electrons. The van der Waals surface area contributed by atoms with Gasteiger partial charge in [-0.1, -0.05) is 0 Å². The molecule has 0 aromatic carbocycles. The fourth-order valence-electron chi connectivity index (χ4n) is 5.05. The number of H-pyrrole nitrogens is 2. The van der Waals surface area contributed by atoms with E-state index in [-0.39, 0.29) is 0 Å². The molecule has 7 nitrogen and oxygen atoms in total. The first kappa shape index (κ1) is 17.9. The van der Waals surface area contributed by atoms with Crippen LogP contribution in [0.4, 0.5) is 5.69 Å². The van der Waals surface area contributed by atoms with Crippen molar-refractivity contribution in [1.29, 1.82) is 0 Å². The van der Waals surface area contributed by atoms with E-state index in [1.165, 1.54) is 35.9 Å². The number of aromatic nitrogens is 5. The number of rotatable bonds is 3. The lowest BCUT2D eigenvalue weighted by atomic mass is 9.91. The van der Waals surface area contributed by atoms with Crippen LogP contribution in [0.15, 0.2) is 30.7 Å². The smallest absolute Gasteiger partial charge is 0.155 e. The maximum atomic E-state index is 4.67. The molecule has 154 valence electrons. The molecule has 6 rings (SSSR count). The van der Waals surface area contributed by atoms with E-state index in [0.717, 1.165) is 67.0 Å². The molecule has 0 amide bonds.